The van der Waals surface area contributed by atoms with Crippen molar-refractivity contribution in [3.63, 3.8) is 0 Å². The average molecular weight is 517 g/mol. The lowest BCUT2D eigenvalue weighted by Gasteiger charge is -2.19. The maximum Gasteiger partial charge on any atom is 0.268 e. The molecule has 2 aromatic carbocycles. The minimum atomic E-state index is -3.12. The number of alkyl halides is 2. The lowest BCUT2D eigenvalue weighted by Crippen LogP contribution is -2.43. The van der Waals surface area contributed by atoms with Gasteiger partial charge in [0.15, 0.2) is 0 Å². The van der Waals surface area contributed by atoms with Gasteiger partial charge in [-0.2, -0.15) is 5.26 Å². The van der Waals surface area contributed by atoms with Gasteiger partial charge in [0.2, 0.25) is 5.91 Å². The van der Waals surface area contributed by atoms with E-state index in [4.69, 9.17) is 5.26 Å². The van der Waals surface area contributed by atoms with Gasteiger partial charge >= 0.3 is 0 Å². The number of hydrogen-bond acceptors (Lipinski definition) is 6. The van der Waals surface area contributed by atoms with Gasteiger partial charge in [0.1, 0.15) is 6.04 Å². The van der Waals surface area contributed by atoms with Crippen molar-refractivity contribution in [3.05, 3.63) is 65.4 Å². The van der Waals surface area contributed by atoms with Crippen molar-refractivity contribution in [1.82, 2.24) is 15.2 Å². The molecule has 2 N–H and O–H groups in total. The number of nitrogens with one attached hydrogen (secondary N) is 2. The van der Waals surface area contributed by atoms with Crippen LogP contribution in [0.1, 0.15) is 34.8 Å². The number of carbonyl (C=O) groups is 2. The molecule has 0 bridgehead atoms. The highest BCUT2D eigenvalue weighted by Crippen LogP contribution is 2.34. The molecular formula is C28H26F2N6O2. The van der Waals surface area contributed by atoms with Crippen LogP contribution in [0.4, 0.5) is 20.2 Å². The Morgan fingerprint density at radius 3 is 2.87 bits per heavy atom. The molecule has 8 nitrogen and oxygen atoms in total. The fourth-order valence-electron chi connectivity index (χ4n) is 4.88. The third-order valence-electron chi connectivity index (χ3n) is 6.90. The van der Waals surface area contributed by atoms with Crippen LogP contribution in [0.3, 0.4) is 0 Å². The normalized spacial score (nSPS) is 18.2. The van der Waals surface area contributed by atoms with E-state index < -0.39 is 43.3 Å². The molecule has 1 aromatic heterocycles. The topological polar surface area (TPSA) is 101 Å². The monoisotopic (exact) mass is 516 g/mol. The maximum absolute atomic E-state index is 13.7. The SMILES string of the molecule is CC(=Cc1ccc2nccc(C(=O)NCC(=O)N3CC(F)(F)CC3C#N)c2c1)c1ccc2c(c1)NCN2C. The van der Waals surface area contributed by atoms with E-state index in [0.717, 1.165) is 39.6 Å². The number of hydrogen-bond donors (Lipinski definition) is 2. The number of pyridine rings is 1. The van der Waals surface area contributed by atoms with Crippen LogP contribution >= 0.6 is 0 Å². The van der Waals surface area contributed by atoms with Gasteiger partial charge in [-0.05, 0) is 54.0 Å². The predicted octanol–water partition coefficient (Wildman–Crippen LogP) is 4.10. The van der Waals surface area contributed by atoms with E-state index in [2.05, 4.69) is 38.7 Å². The summed E-state index contributed by atoms with van der Waals surface area (Å²) in [5, 5.41) is 15.6. The number of benzene rings is 2. The van der Waals surface area contributed by atoms with E-state index in [1.54, 1.807) is 12.1 Å². The minimum Gasteiger partial charge on any atom is -0.366 e. The van der Waals surface area contributed by atoms with Gasteiger partial charge in [-0.3, -0.25) is 14.6 Å². The van der Waals surface area contributed by atoms with Gasteiger partial charge in [0, 0.05) is 25.1 Å². The fraction of sp³-hybridized carbons (Fsp3) is 0.286. The Morgan fingerprint density at radius 2 is 2.08 bits per heavy atom. The largest absolute Gasteiger partial charge is 0.366 e. The molecule has 1 unspecified atom stereocenters. The molecule has 1 saturated heterocycles. The number of halogens is 2. The molecule has 3 aromatic rings. The molecule has 38 heavy (non-hydrogen) atoms. The number of nitrogens with zero attached hydrogens (tertiary/aromatic N) is 4. The summed E-state index contributed by atoms with van der Waals surface area (Å²) in [5.74, 6) is -4.37. The van der Waals surface area contributed by atoms with Crippen molar-refractivity contribution in [2.24, 2.45) is 0 Å². The van der Waals surface area contributed by atoms with Gasteiger partial charge in [0.05, 0.1) is 48.3 Å². The maximum atomic E-state index is 13.7. The Kier molecular flexibility index (Phi) is 6.45. The molecule has 1 atom stereocenters. The fourth-order valence-corrected chi connectivity index (χ4v) is 4.88. The summed E-state index contributed by atoms with van der Waals surface area (Å²) < 4.78 is 27.4. The Balaban J connectivity index is 1.35. The van der Waals surface area contributed by atoms with Crippen molar-refractivity contribution in [2.75, 3.05) is 37.0 Å². The second-order valence-corrected chi connectivity index (χ2v) is 9.64. The first-order valence-electron chi connectivity index (χ1n) is 12.2. The summed E-state index contributed by atoms with van der Waals surface area (Å²) in [7, 11) is 2.03. The van der Waals surface area contributed by atoms with E-state index in [-0.39, 0.29) is 0 Å². The van der Waals surface area contributed by atoms with E-state index in [9.17, 15) is 18.4 Å². The summed E-state index contributed by atoms with van der Waals surface area (Å²) in [4.78, 5) is 32.8. The van der Waals surface area contributed by atoms with Crippen LogP contribution in [0.15, 0.2) is 48.7 Å². The van der Waals surface area contributed by atoms with Crippen molar-refractivity contribution in [2.45, 2.75) is 25.3 Å². The highest BCUT2D eigenvalue weighted by Gasteiger charge is 2.47. The average Bonchev–Trinajstić information content (AvgIpc) is 3.44. The van der Waals surface area contributed by atoms with Gasteiger partial charge in [-0.15, -0.1) is 0 Å². The van der Waals surface area contributed by atoms with E-state index in [1.165, 1.54) is 6.20 Å². The summed E-state index contributed by atoms with van der Waals surface area (Å²) in [5.41, 5.74) is 6.11. The van der Waals surface area contributed by atoms with Crippen LogP contribution in [0, 0.1) is 11.3 Å². The molecule has 3 heterocycles. The molecule has 2 aliphatic heterocycles. The van der Waals surface area contributed by atoms with Crippen molar-refractivity contribution < 1.29 is 18.4 Å². The predicted molar refractivity (Wildman–Crippen MR) is 142 cm³/mol. The second kappa shape index (κ2) is 9.74. The van der Waals surface area contributed by atoms with Gasteiger partial charge in [-0.1, -0.05) is 18.2 Å². The Bertz CT molecular complexity index is 1510. The zero-order valence-electron chi connectivity index (χ0n) is 21.0. The first-order valence-corrected chi connectivity index (χ1v) is 12.2. The summed E-state index contributed by atoms with van der Waals surface area (Å²) in [6, 6.07) is 13.9. The number of carbonyl (C=O) groups excluding carboxylic acids is 2. The Hall–Kier alpha value is -4.52. The lowest BCUT2D eigenvalue weighted by molar-refractivity contribution is -0.131. The van der Waals surface area contributed by atoms with Gasteiger partial charge in [0.25, 0.3) is 11.8 Å². The first-order chi connectivity index (χ1) is 18.1. The van der Waals surface area contributed by atoms with E-state index in [0.29, 0.717) is 16.5 Å². The number of anilines is 2. The Morgan fingerprint density at radius 1 is 1.26 bits per heavy atom. The number of amides is 2. The molecule has 194 valence electrons. The quantitative estimate of drug-likeness (QED) is 0.495. The van der Waals surface area contributed by atoms with Crippen LogP contribution in [0.25, 0.3) is 22.6 Å². The molecule has 2 amide bonds. The van der Waals surface area contributed by atoms with Crippen molar-refractivity contribution in [1.29, 1.82) is 5.26 Å². The van der Waals surface area contributed by atoms with Crippen LogP contribution in [0.5, 0.6) is 0 Å². The molecule has 5 rings (SSSR count). The smallest absolute Gasteiger partial charge is 0.268 e. The number of aromatic nitrogens is 1. The summed E-state index contributed by atoms with van der Waals surface area (Å²) in [6.07, 6.45) is 2.82. The van der Waals surface area contributed by atoms with Crippen LogP contribution in [-0.2, 0) is 4.79 Å². The van der Waals surface area contributed by atoms with Crippen molar-refractivity contribution >= 4 is 45.7 Å². The molecule has 0 spiro atoms. The number of fused-ring (bicyclic) bond motifs is 2. The number of allylic oxidation sites excluding steroid dienone is 1. The molecule has 2 aliphatic rings. The highest BCUT2D eigenvalue weighted by atomic mass is 19.3. The first kappa shape index (κ1) is 25.1. The molecule has 0 saturated carbocycles. The molecule has 1 fully saturated rings. The molecule has 0 aliphatic carbocycles. The second-order valence-electron chi connectivity index (χ2n) is 9.64. The standard InChI is InChI=1S/C28H26F2N6O2/c1-17(19-4-6-25-24(11-19)34-16-35(25)2)9-18-3-5-23-22(10-18)21(7-8-32-23)27(38)33-14-26(37)36-15-28(29,30)12-20(36)13-31/h3-11,20,34H,12,14-16H2,1-2H3,(H,33,38). The van der Waals surface area contributed by atoms with Gasteiger partial charge in [-0.25, -0.2) is 8.78 Å². The molecular weight excluding hydrogens is 490 g/mol. The zero-order chi connectivity index (χ0) is 27.0. The Labute approximate surface area is 218 Å². The zero-order valence-corrected chi connectivity index (χ0v) is 21.0. The minimum absolute atomic E-state index is 0.309. The lowest BCUT2D eigenvalue weighted by atomic mass is 10.0. The third-order valence-corrected chi connectivity index (χ3v) is 6.90. The summed E-state index contributed by atoms with van der Waals surface area (Å²) in [6.45, 7) is 1.46. The van der Waals surface area contributed by atoms with Gasteiger partial charge < -0.3 is 20.4 Å². The number of nitriles is 1. The van der Waals surface area contributed by atoms with E-state index >= 15 is 0 Å². The highest BCUT2D eigenvalue weighted by molar-refractivity contribution is 6.07. The van der Waals surface area contributed by atoms with Crippen LogP contribution < -0.4 is 15.5 Å². The third kappa shape index (κ3) is 4.87. The number of rotatable bonds is 5. The van der Waals surface area contributed by atoms with Crippen molar-refractivity contribution in [3.8, 4) is 6.07 Å². The van der Waals surface area contributed by atoms with Crippen LogP contribution in [-0.4, -0.2) is 60.5 Å². The van der Waals surface area contributed by atoms with Crippen LogP contribution in [0.2, 0.25) is 0 Å². The van der Waals surface area contributed by atoms with E-state index in [1.807, 2.05) is 38.2 Å². The molecule has 10 heteroatoms. The molecule has 0 radical (unpaired) electrons. The number of likely N-dealkylation sites (tertiary alicyclic amines) is 1. The summed E-state index contributed by atoms with van der Waals surface area (Å²) >= 11 is 0.